The van der Waals surface area contributed by atoms with E-state index in [9.17, 15) is 13.5 Å². The molecule has 0 saturated heterocycles. The SMILES string of the molecule is CCCCCCCCC(O)/C(=C(/C=C/N(Cc1ccccc1)S(=O)(=O)c1ccc(C)cc1)c1ccccc1)c1ccccc1. The van der Waals surface area contributed by atoms with Crippen LogP contribution in [0, 0.1) is 6.92 Å². The van der Waals surface area contributed by atoms with Gasteiger partial charge in [-0.2, -0.15) is 0 Å². The zero-order valence-electron chi connectivity index (χ0n) is 26.0. The molecule has 4 rings (SSSR count). The number of hydrogen-bond acceptors (Lipinski definition) is 3. The quantitative estimate of drug-likeness (QED) is 0.0784. The molecule has 4 nitrogen and oxygen atoms in total. The third-order valence-corrected chi connectivity index (χ3v) is 9.58. The lowest BCUT2D eigenvalue weighted by Crippen LogP contribution is -2.25. The van der Waals surface area contributed by atoms with Crippen LogP contribution in [0.15, 0.2) is 132 Å². The van der Waals surface area contributed by atoms with Gasteiger partial charge in [-0.3, -0.25) is 4.31 Å². The van der Waals surface area contributed by atoms with Crippen LogP contribution in [0.2, 0.25) is 0 Å². The average Bonchev–Trinajstić information content (AvgIpc) is 3.05. The summed E-state index contributed by atoms with van der Waals surface area (Å²) in [7, 11) is -3.87. The largest absolute Gasteiger partial charge is 0.388 e. The van der Waals surface area contributed by atoms with E-state index in [2.05, 4.69) is 6.92 Å². The summed E-state index contributed by atoms with van der Waals surface area (Å²) in [5.41, 5.74) is 5.31. The van der Waals surface area contributed by atoms with E-state index in [1.54, 1.807) is 18.3 Å². The summed E-state index contributed by atoms with van der Waals surface area (Å²) in [5.74, 6) is 0. The van der Waals surface area contributed by atoms with Gasteiger partial charge in [0.1, 0.15) is 0 Å². The highest BCUT2D eigenvalue weighted by molar-refractivity contribution is 7.89. The highest BCUT2D eigenvalue weighted by Gasteiger charge is 2.23. The van der Waals surface area contributed by atoms with Crippen molar-refractivity contribution in [1.29, 1.82) is 0 Å². The number of unbranched alkanes of at least 4 members (excludes halogenated alkanes) is 5. The fraction of sp³-hybridized carbons (Fsp3) is 0.282. The van der Waals surface area contributed by atoms with Gasteiger partial charge in [-0.15, -0.1) is 0 Å². The Balaban J connectivity index is 1.80. The first-order valence-corrected chi connectivity index (χ1v) is 17.2. The van der Waals surface area contributed by atoms with Crippen molar-refractivity contribution in [2.75, 3.05) is 0 Å². The van der Waals surface area contributed by atoms with Gasteiger partial charge >= 0.3 is 0 Å². The summed E-state index contributed by atoms with van der Waals surface area (Å²) in [5, 5.41) is 11.7. The number of allylic oxidation sites excluding steroid dienone is 2. The van der Waals surface area contributed by atoms with Crippen LogP contribution in [0.3, 0.4) is 0 Å². The number of aryl methyl sites for hydroxylation is 1. The van der Waals surface area contributed by atoms with E-state index in [1.165, 1.54) is 30.0 Å². The minimum atomic E-state index is -3.87. The van der Waals surface area contributed by atoms with Gasteiger partial charge in [-0.25, -0.2) is 8.42 Å². The molecule has 0 aliphatic rings. The summed E-state index contributed by atoms with van der Waals surface area (Å²) in [6.45, 7) is 4.33. The molecule has 1 atom stereocenters. The third-order valence-electron chi connectivity index (χ3n) is 7.84. The minimum absolute atomic E-state index is 0.177. The standard InChI is InChI=1S/C39H45NO3S/c1-3-4-5-6-7-17-24-38(41)39(35-22-15-10-16-23-35)37(34-20-13-9-14-21-34)29-30-40(31-33-18-11-8-12-19-33)44(42,43)36-27-25-32(2)26-28-36/h8-16,18-23,25-30,38,41H,3-7,17,24,31H2,1-2H3/b30-29+,39-37-. The number of nitrogens with zero attached hydrogens (tertiary/aromatic N) is 1. The second-order valence-electron chi connectivity index (χ2n) is 11.3. The number of rotatable bonds is 16. The van der Waals surface area contributed by atoms with Crippen LogP contribution in [0.25, 0.3) is 11.1 Å². The predicted octanol–water partition coefficient (Wildman–Crippen LogP) is 9.42. The summed E-state index contributed by atoms with van der Waals surface area (Å²) in [6.07, 6.45) is 10.3. The van der Waals surface area contributed by atoms with Crippen LogP contribution in [0.4, 0.5) is 0 Å². The molecule has 0 fully saturated rings. The second-order valence-corrected chi connectivity index (χ2v) is 13.2. The molecule has 0 heterocycles. The molecular formula is C39H45NO3S. The van der Waals surface area contributed by atoms with Gasteiger partial charge in [0, 0.05) is 6.20 Å². The van der Waals surface area contributed by atoms with Crippen molar-refractivity contribution in [2.24, 2.45) is 0 Å². The Morgan fingerprint density at radius 3 is 1.89 bits per heavy atom. The molecule has 0 bridgehead atoms. The maximum atomic E-state index is 14.0. The van der Waals surface area contributed by atoms with E-state index in [-0.39, 0.29) is 11.4 Å². The lowest BCUT2D eigenvalue weighted by molar-refractivity contribution is 0.217. The summed E-state index contributed by atoms with van der Waals surface area (Å²) in [6, 6.07) is 36.4. The lowest BCUT2D eigenvalue weighted by Gasteiger charge is -2.23. The first-order chi connectivity index (χ1) is 21.4. The smallest absolute Gasteiger partial charge is 0.264 e. The topological polar surface area (TPSA) is 57.6 Å². The molecule has 0 aromatic heterocycles. The second kappa shape index (κ2) is 16.8. The number of aliphatic hydroxyl groups is 1. The van der Waals surface area contributed by atoms with Gasteiger partial charge in [0.15, 0.2) is 0 Å². The lowest BCUT2D eigenvalue weighted by atomic mass is 9.88. The van der Waals surface area contributed by atoms with Crippen molar-refractivity contribution < 1.29 is 13.5 Å². The van der Waals surface area contributed by atoms with Crippen LogP contribution in [-0.2, 0) is 16.6 Å². The normalized spacial score (nSPS) is 13.1. The van der Waals surface area contributed by atoms with E-state index < -0.39 is 16.1 Å². The van der Waals surface area contributed by atoms with Crippen LogP contribution >= 0.6 is 0 Å². The maximum Gasteiger partial charge on any atom is 0.264 e. The third kappa shape index (κ3) is 9.28. The van der Waals surface area contributed by atoms with Crippen LogP contribution in [0.1, 0.15) is 74.1 Å². The highest BCUT2D eigenvalue weighted by Crippen LogP contribution is 2.33. The molecule has 1 unspecified atom stereocenters. The molecule has 0 radical (unpaired) electrons. The molecule has 0 saturated carbocycles. The van der Waals surface area contributed by atoms with Crippen molar-refractivity contribution in [3.63, 3.8) is 0 Å². The molecule has 0 aliphatic carbocycles. The Morgan fingerprint density at radius 2 is 1.27 bits per heavy atom. The Labute approximate surface area is 264 Å². The van der Waals surface area contributed by atoms with Crippen molar-refractivity contribution in [1.82, 2.24) is 4.31 Å². The molecular weight excluding hydrogens is 563 g/mol. The Kier molecular flexibility index (Phi) is 12.6. The number of hydrogen-bond donors (Lipinski definition) is 1. The number of benzene rings is 4. The fourth-order valence-electron chi connectivity index (χ4n) is 5.35. The van der Waals surface area contributed by atoms with Gasteiger partial charge in [-0.1, -0.05) is 154 Å². The molecule has 4 aromatic rings. The van der Waals surface area contributed by atoms with Gasteiger partial charge < -0.3 is 5.11 Å². The first-order valence-electron chi connectivity index (χ1n) is 15.7. The van der Waals surface area contributed by atoms with Gasteiger partial charge in [0.2, 0.25) is 0 Å². The maximum absolute atomic E-state index is 14.0. The van der Waals surface area contributed by atoms with Gasteiger partial charge in [-0.05, 0) is 59.4 Å². The minimum Gasteiger partial charge on any atom is -0.388 e. The summed E-state index contributed by atoms with van der Waals surface area (Å²) in [4.78, 5) is 0.236. The Hall–Kier alpha value is -3.93. The number of sulfonamides is 1. The zero-order chi connectivity index (χ0) is 31.2. The highest BCUT2D eigenvalue weighted by atomic mass is 32.2. The molecule has 0 amide bonds. The van der Waals surface area contributed by atoms with Gasteiger partial charge in [0.05, 0.1) is 17.5 Å². The molecule has 44 heavy (non-hydrogen) atoms. The molecule has 0 spiro atoms. The van der Waals surface area contributed by atoms with E-state index >= 15 is 0 Å². The Bertz CT molecular complexity index is 1580. The summed E-state index contributed by atoms with van der Waals surface area (Å²) < 4.78 is 29.5. The fourth-order valence-corrected chi connectivity index (χ4v) is 6.64. The van der Waals surface area contributed by atoms with Gasteiger partial charge in [0.25, 0.3) is 10.0 Å². The van der Waals surface area contributed by atoms with Crippen LogP contribution in [0.5, 0.6) is 0 Å². The molecule has 1 N–H and O–H groups in total. The first kappa shape index (κ1) is 33.0. The van der Waals surface area contributed by atoms with Crippen molar-refractivity contribution >= 4 is 21.2 Å². The molecule has 5 heteroatoms. The van der Waals surface area contributed by atoms with Crippen LogP contribution < -0.4 is 0 Å². The van der Waals surface area contributed by atoms with Crippen molar-refractivity contribution in [3.05, 3.63) is 150 Å². The predicted molar refractivity (Wildman–Crippen MR) is 183 cm³/mol. The van der Waals surface area contributed by atoms with E-state index in [0.717, 1.165) is 46.2 Å². The van der Waals surface area contributed by atoms with Crippen LogP contribution in [-0.4, -0.2) is 23.9 Å². The molecule has 4 aromatic carbocycles. The zero-order valence-corrected chi connectivity index (χ0v) is 26.8. The molecule has 230 valence electrons. The van der Waals surface area contributed by atoms with E-state index in [0.29, 0.717) is 6.42 Å². The van der Waals surface area contributed by atoms with Crippen molar-refractivity contribution in [2.45, 2.75) is 76.3 Å². The molecule has 0 aliphatic heterocycles. The monoisotopic (exact) mass is 607 g/mol. The van der Waals surface area contributed by atoms with E-state index in [1.807, 2.05) is 116 Å². The van der Waals surface area contributed by atoms with Crippen molar-refractivity contribution in [3.8, 4) is 0 Å². The van der Waals surface area contributed by atoms with E-state index in [4.69, 9.17) is 0 Å². The Morgan fingerprint density at radius 1 is 0.727 bits per heavy atom. The summed E-state index contributed by atoms with van der Waals surface area (Å²) >= 11 is 0. The average molecular weight is 608 g/mol. The number of aliphatic hydroxyl groups excluding tert-OH is 1.